The van der Waals surface area contributed by atoms with E-state index in [9.17, 15) is 4.79 Å². The Balaban J connectivity index is 2.61. The van der Waals surface area contributed by atoms with Crippen molar-refractivity contribution in [2.75, 3.05) is 7.11 Å². The largest absolute Gasteiger partial charge is 0.468 e. The summed E-state index contributed by atoms with van der Waals surface area (Å²) >= 11 is 0. The van der Waals surface area contributed by atoms with Gasteiger partial charge in [-0.3, -0.25) is 4.79 Å². The molecule has 0 spiro atoms. The fourth-order valence-corrected chi connectivity index (χ4v) is 1.23. The second-order valence-corrected chi connectivity index (χ2v) is 3.20. The number of carbonyl (C=O) groups is 1. The summed E-state index contributed by atoms with van der Waals surface area (Å²) in [4.78, 5) is 11.1. The maximum atomic E-state index is 11.1. The molecule has 0 amide bonds. The zero-order valence-electron chi connectivity index (χ0n) is 8.72. The Morgan fingerprint density at radius 2 is 2.00 bits per heavy atom. The second kappa shape index (κ2) is 5.98. The molecule has 80 valence electrons. The molecule has 2 N–H and O–H groups in total. The Morgan fingerprint density at radius 3 is 2.73 bits per heavy atom. The first-order valence-corrected chi connectivity index (χ1v) is 4.78. The third kappa shape index (κ3) is 3.95. The van der Waals surface area contributed by atoms with Crippen LogP contribution < -0.4 is 5.73 Å². The summed E-state index contributed by atoms with van der Waals surface area (Å²) in [7, 11) is 1.34. The minimum absolute atomic E-state index is 0.383. The SMILES string of the molecule is COC(=O)C(N)CC1=C/C=C\C=C/C=C\1. The Morgan fingerprint density at radius 1 is 1.33 bits per heavy atom. The molecule has 0 saturated carbocycles. The van der Waals surface area contributed by atoms with Gasteiger partial charge in [-0.2, -0.15) is 0 Å². The zero-order chi connectivity index (χ0) is 11.1. The molecule has 0 bridgehead atoms. The number of esters is 1. The second-order valence-electron chi connectivity index (χ2n) is 3.20. The van der Waals surface area contributed by atoms with Crippen LogP contribution in [-0.2, 0) is 9.53 Å². The van der Waals surface area contributed by atoms with Gasteiger partial charge in [0.2, 0.25) is 0 Å². The molecular formula is C12H15NO2. The van der Waals surface area contributed by atoms with Gasteiger partial charge in [0, 0.05) is 0 Å². The minimum Gasteiger partial charge on any atom is -0.468 e. The van der Waals surface area contributed by atoms with Gasteiger partial charge in [0.05, 0.1) is 7.11 Å². The van der Waals surface area contributed by atoms with Gasteiger partial charge >= 0.3 is 5.97 Å². The van der Waals surface area contributed by atoms with Gasteiger partial charge in [-0.1, -0.05) is 42.5 Å². The van der Waals surface area contributed by atoms with E-state index in [1.54, 1.807) is 0 Å². The van der Waals surface area contributed by atoms with E-state index >= 15 is 0 Å². The summed E-state index contributed by atoms with van der Waals surface area (Å²) in [5, 5.41) is 0. The van der Waals surface area contributed by atoms with Crippen molar-refractivity contribution in [3.63, 3.8) is 0 Å². The molecule has 0 aromatic rings. The van der Waals surface area contributed by atoms with Crippen molar-refractivity contribution < 1.29 is 9.53 Å². The Labute approximate surface area is 89.6 Å². The number of methoxy groups -OCH3 is 1. The van der Waals surface area contributed by atoms with Crippen molar-refractivity contribution in [2.24, 2.45) is 5.73 Å². The van der Waals surface area contributed by atoms with Gasteiger partial charge in [0.15, 0.2) is 0 Å². The van der Waals surface area contributed by atoms with Gasteiger partial charge in [0.1, 0.15) is 6.04 Å². The van der Waals surface area contributed by atoms with Crippen LogP contribution in [0.15, 0.2) is 48.1 Å². The first-order valence-electron chi connectivity index (χ1n) is 4.78. The maximum Gasteiger partial charge on any atom is 0.322 e. The maximum absolute atomic E-state index is 11.1. The lowest BCUT2D eigenvalue weighted by molar-refractivity contribution is -0.142. The average molecular weight is 205 g/mol. The van der Waals surface area contributed by atoms with Crippen LogP contribution in [0.4, 0.5) is 0 Å². The molecule has 3 heteroatoms. The number of hydrogen-bond acceptors (Lipinski definition) is 3. The molecule has 0 heterocycles. The molecule has 1 unspecified atom stereocenters. The molecule has 0 aromatic carbocycles. The van der Waals surface area contributed by atoms with E-state index in [0.29, 0.717) is 6.42 Å². The monoisotopic (exact) mass is 205 g/mol. The van der Waals surface area contributed by atoms with Gasteiger partial charge in [-0.15, -0.1) is 0 Å². The average Bonchev–Trinajstić information content (AvgIpc) is 2.20. The van der Waals surface area contributed by atoms with Crippen molar-refractivity contribution in [2.45, 2.75) is 12.5 Å². The first-order chi connectivity index (χ1) is 7.24. The van der Waals surface area contributed by atoms with Gasteiger partial charge in [-0.05, 0) is 12.0 Å². The van der Waals surface area contributed by atoms with E-state index in [-0.39, 0.29) is 5.97 Å². The quantitative estimate of drug-likeness (QED) is 0.710. The molecule has 15 heavy (non-hydrogen) atoms. The molecule has 0 aromatic heterocycles. The third-order valence-electron chi connectivity index (χ3n) is 2.02. The van der Waals surface area contributed by atoms with Crippen LogP contribution in [0.25, 0.3) is 0 Å². The van der Waals surface area contributed by atoms with Crippen LogP contribution in [-0.4, -0.2) is 19.1 Å². The number of hydrogen-bond donors (Lipinski definition) is 1. The molecule has 1 atom stereocenters. The van der Waals surface area contributed by atoms with Crippen molar-refractivity contribution in [1.82, 2.24) is 0 Å². The predicted molar refractivity (Wildman–Crippen MR) is 60.1 cm³/mol. The van der Waals surface area contributed by atoms with E-state index in [1.165, 1.54) is 7.11 Å². The Kier molecular flexibility index (Phi) is 4.57. The third-order valence-corrected chi connectivity index (χ3v) is 2.02. The molecular weight excluding hydrogens is 190 g/mol. The summed E-state index contributed by atoms with van der Waals surface area (Å²) in [5.74, 6) is -0.383. The first kappa shape index (κ1) is 11.5. The minimum atomic E-state index is -0.595. The number of ether oxygens (including phenoxy) is 1. The fraction of sp³-hybridized carbons (Fsp3) is 0.250. The highest BCUT2D eigenvalue weighted by molar-refractivity contribution is 5.75. The van der Waals surface area contributed by atoms with E-state index in [2.05, 4.69) is 4.74 Å². The Bertz CT molecular complexity index is 338. The normalized spacial score (nSPS) is 26.4. The van der Waals surface area contributed by atoms with Gasteiger partial charge in [-0.25, -0.2) is 0 Å². The smallest absolute Gasteiger partial charge is 0.322 e. The molecule has 0 aliphatic heterocycles. The van der Waals surface area contributed by atoms with E-state index in [0.717, 1.165) is 5.57 Å². The zero-order valence-corrected chi connectivity index (χ0v) is 8.72. The lowest BCUT2D eigenvalue weighted by Gasteiger charge is -2.09. The van der Waals surface area contributed by atoms with Crippen LogP contribution in [0.5, 0.6) is 0 Å². The molecule has 1 aliphatic carbocycles. The summed E-state index contributed by atoms with van der Waals surface area (Å²) < 4.78 is 4.56. The van der Waals surface area contributed by atoms with E-state index < -0.39 is 6.04 Å². The van der Waals surface area contributed by atoms with Crippen molar-refractivity contribution in [3.8, 4) is 0 Å². The molecule has 1 aliphatic rings. The predicted octanol–water partition coefficient (Wildman–Crippen LogP) is 1.49. The summed E-state index contributed by atoms with van der Waals surface area (Å²) in [5.41, 5.74) is 6.67. The van der Waals surface area contributed by atoms with Crippen molar-refractivity contribution in [3.05, 3.63) is 48.1 Å². The van der Waals surface area contributed by atoms with Crippen LogP contribution in [0, 0.1) is 0 Å². The van der Waals surface area contributed by atoms with E-state index in [1.807, 2.05) is 42.5 Å². The van der Waals surface area contributed by atoms with Crippen LogP contribution in [0.1, 0.15) is 6.42 Å². The highest BCUT2D eigenvalue weighted by Crippen LogP contribution is 2.09. The van der Waals surface area contributed by atoms with Crippen molar-refractivity contribution in [1.29, 1.82) is 0 Å². The van der Waals surface area contributed by atoms with Crippen LogP contribution in [0.3, 0.4) is 0 Å². The molecule has 0 radical (unpaired) electrons. The molecule has 1 rings (SSSR count). The van der Waals surface area contributed by atoms with Gasteiger partial charge < -0.3 is 10.5 Å². The highest BCUT2D eigenvalue weighted by Gasteiger charge is 2.14. The highest BCUT2D eigenvalue weighted by atomic mass is 16.5. The molecule has 0 fully saturated rings. The summed E-state index contributed by atoms with van der Waals surface area (Å²) in [6, 6.07) is -0.595. The van der Waals surface area contributed by atoms with Crippen molar-refractivity contribution >= 4 is 5.97 Å². The van der Waals surface area contributed by atoms with Crippen LogP contribution in [0.2, 0.25) is 0 Å². The fourth-order valence-electron chi connectivity index (χ4n) is 1.23. The topological polar surface area (TPSA) is 52.3 Å². The number of carbonyl (C=O) groups excluding carboxylic acids is 1. The lowest BCUT2D eigenvalue weighted by atomic mass is 10.0. The number of allylic oxidation sites excluding steroid dienone is 7. The number of rotatable bonds is 3. The summed E-state index contributed by atoms with van der Waals surface area (Å²) in [6.07, 6.45) is 14.0. The standard InChI is InChI=1S/C12H15NO2/c1-15-12(14)11(13)9-10-7-5-3-2-4-6-8-10/h2-8,11H,9,13H2,1H3/b3-2-,4-2?,5-3?,6-4-,7-5-,8-6?,10-7?,10-8+. The number of nitrogens with two attached hydrogens (primary N) is 1. The van der Waals surface area contributed by atoms with E-state index in [4.69, 9.17) is 5.73 Å². The Hall–Kier alpha value is -1.61. The van der Waals surface area contributed by atoms with Gasteiger partial charge in [0.25, 0.3) is 0 Å². The summed E-state index contributed by atoms with van der Waals surface area (Å²) in [6.45, 7) is 0. The molecule has 3 nitrogen and oxygen atoms in total. The van der Waals surface area contributed by atoms with Crippen LogP contribution >= 0.6 is 0 Å². The lowest BCUT2D eigenvalue weighted by Crippen LogP contribution is -2.31. The molecule has 0 saturated heterocycles.